The number of piperazine rings is 1. The Labute approximate surface area is 113 Å². The molecule has 0 radical (unpaired) electrons. The van der Waals surface area contributed by atoms with E-state index in [2.05, 4.69) is 31.1 Å². The number of likely N-dealkylation sites (N-methyl/N-ethyl adjacent to an activating group) is 1. The molecule has 1 saturated heterocycles. The van der Waals surface area contributed by atoms with Gasteiger partial charge in [-0.1, -0.05) is 27.7 Å². The summed E-state index contributed by atoms with van der Waals surface area (Å²) in [4.78, 5) is 16.2. The first-order chi connectivity index (χ1) is 8.63. The molecule has 1 N–H and O–H groups in total. The molecule has 0 aromatic carbocycles. The van der Waals surface area contributed by atoms with Crippen LogP contribution in [0.15, 0.2) is 0 Å². The molecule has 0 saturated carbocycles. The SMILES string of the molecule is CC.CCNCC(C)CC(=O)N1CCN(C)CC1. The van der Waals surface area contributed by atoms with Gasteiger partial charge in [-0.3, -0.25) is 4.79 Å². The molecule has 1 amide bonds. The van der Waals surface area contributed by atoms with Gasteiger partial charge in [0.1, 0.15) is 0 Å². The molecule has 4 heteroatoms. The molecular weight excluding hydrogens is 226 g/mol. The van der Waals surface area contributed by atoms with Gasteiger partial charge in [0, 0.05) is 32.6 Å². The van der Waals surface area contributed by atoms with Crippen LogP contribution in [-0.4, -0.2) is 62.0 Å². The summed E-state index contributed by atoms with van der Waals surface area (Å²) in [7, 11) is 2.11. The first-order valence-corrected chi connectivity index (χ1v) is 7.30. The lowest BCUT2D eigenvalue weighted by atomic mass is 10.1. The van der Waals surface area contributed by atoms with Crippen LogP contribution < -0.4 is 5.32 Å². The van der Waals surface area contributed by atoms with Crippen molar-refractivity contribution in [3.63, 3.8) is 0 Å². The molecule has 1 aliphatic rings. The van der Waals surface area contributed by atoms with E-state index in [1.165, 1.54) is 0 Å². The van der Waals surface area contributed by atoms with Crippen molar-refractivity contribution in [2.45, 2.75) is 34.1 Å². The summed E-state index contributed by atoms with van der Waals surface area (Å²) in [5, 5.41) is 3.28. The van der Waals surface area contributed by atoms with E-state index < -0.39 is 0 Å². The monoisotopic (exact) mass is 257 g/mol. The van der Waals surface area contributed by atoms with Crippen molar-refractivity contribution in [3.05, 3.63) is 0 Å². The minimum Gasteiger partial charge on any atom is -0.340 e. The second-order valence-electron chi connectivity index (χ2n) is 4.80. The van der Waals surface area contributed by atoms with Crippen LogP contribution in [0.25, 0.3) is 0 Å². The third kappa shape index (κ3) is 6.97. The first kappa shape index (κ1) is 17.4. The van der Waals surface area contributed by atoms with Crippen molar-refractivity contribution in [2.24, 2.45) is 5.92 Å². The number of carbonyl (C=O) groups is 1. The van der Waals surface area contributed by atoms with E-state index in [4.69, 9.17) is 0 Å². The number of carbonyl (C=O) groups excluding carboxylic acids is 1. The Bertz CT molecular complexity index is 213. The van der Waals surface area contributed by atoms with E-state index in [-0.39, 0.29) is 0 Å². The van der Waals surface area contributed by atoms with Crippen molar-refractivity contribution in [2.75, 3.05) is 46.3 Å². The lowest BCUT2D eigenvalue weighted by Crippen LogP contribution is -2.47. The number of nitrogens with zero attached hydrogens (tertiary/aromatic N) is 2. The molecule has 18 heavy (non-hydrogen) atoms. The second kappa shape index (κ2) is 10.3. The van der Waals surface area contributed by atoms with Gasteiger partial charge in [0.05, 0.1) is 0 Å². The Morgan fingerprint density at radius 3 is 2.28 bits per heavy atom. The smallest absolute Gasteiger partial charge is 0.222 e. The Kier molecular flexibility index (Phi) is 9.98. The molecule has 0 bridgehead atoms. The molecule has 0 spiro atoms. The van der Waals surface area contributed by atoms with Crippen molar-refractivity contribution in [1.82, 2.24) is 15.1 Å². The largest absolute Gasteiger partial charge is 0.340 e. The van der Waals surface area contributed by atoms with Crippen LogP contribution in [-0.2, 0) is 4.79 Å². The van der Waals surface area contributed by atoms with Gasteiger partial charge in [0.2, 0.25) is 5.91 Å². The van der Waals surface area contributed by atoms with E-state index in [0.717, 1.165) is 39.3 Å². The summed E-state index contributed by atoms with van der Waals surface area (Å²) in [6.45, 7) is 13.9. The zero-order valence-corrected chi connectivity index (χ0v) is 12.8. The fraction of sp³-hybridized carbons (Fsp3) is 0.929. The fourth-order valence-electron chi connectivity index (χ4n) is 1.95. The molecule has 1 heterocycles. The molecule has 1 atom stereocenters. The van der Waals surface area contributed by atoms with Gasteiger partial charge in [-0.05, 0) is 26.1 Å². The van der Waals surface area contributed by atoms with Crippen LogP contribution in [0.4, 0.5) is 0 Å². The van der Waals surface area contributed by atoms with Crippen molar-refractivity contribution in [3.8, 4) is 0 Å². The predicted molar refractivity (Wildman–Crippen MR) is 77.7 cm³/mol. The van der Waals surface area contributed by atoms with E-state index in [0.29, 0.717) is 18.2 Å². The minimum absolute atomic E-state index is 0.318. The van der Waals surface area contributed by atoms with E-state index >= 15 is 0 Å². The molecule has 108 valence electrons. The van der Waals surface area contributed by atoms with Gasteiger partial charge >= 0.3 is 0 Å². The minimum atomic E-state index is 0.318. The van der Waals surface area contributed by atoms with Crippen LogP contribution in [0.1, 0.15) is 34.1 Å². The van der Waals surface area contributed by atoms with Gasteiger partial charge in [-0.15, -0.1) is 0 Å². The Morgan fingerprint density at radius 1 is 1.22 bits per heavy atom. The van der Waals surface area contributed by atoms with Crippen LogP contribution in [0.2, 0.25) is 0 Å². The Morgan fingerprint density at radius 2 is 1.78 bits per heavy atom. The number of nitrogens with one attached hydrogen (secondary N) is 1. The zero-order valence-electron chi connectivity index (χ0n) is 12.8. The molecule has 1 aliphatic heterocycles. The summed E-state index contributed by atoms with van der Waals surface area (Å²) < 4.78 is 0. The molecule has 4 nitrogen and oxygen atoms in total. The van der Waals surface area contributed by atoms with Crippen LogP contribution in [0.3, 0.4) is 0 Å². The van der Waals surface area contributed by atoms with Gasteiger partial charge < -0.3 is 15.1 Å². The molecule has 1 rings (SSSR count). The summed E-state index contributed by atoms with van der Waals surface area (Å²) in [6.07, 6.45) is 0.677. The number of amides is 1. The molecule has 0 aliphatic carbocycles. The summed E-state index contributed by atoms with van der Waals surface area (Å²) in [5.74, 6) is 0.755. The Hall–Kier alpha value is -0.610. The standard InChI is InChI=1S/C12H25N3O.C2H6/c1-4-13-10-11(2)9-12(16)15-7-5-14(3)6-8-15;1-2/h11,13H,4-10H2,1-3H3;1-2H3. The topological polar surface area (TPSA) is 35.6 Å². The van der Waals surface area contributed by atoms with Gasteiger partial charge in [-0.25, -0.2) is 0 Å². The first-order valence-electron chi connectivity index (χ1n) is 7.30. The lowest BCUT2D eigenvalue weighted by molar-refractivity contribution is -0.133. The highest BCUT2D eigenvalue weighted by molar-refractivity contribution is 5.76. The lowest BCUT2D eigenvalue weighted by Gasteiger charge is -2.33. The Balaban J connectivity index is 0.00000137. The highest BCUT2D eigenvalue weighted by atomic mass is 16.2. The van der Waals surface area contributed by atoms with Gasteiger partial charge in [-0.2, -0.15) is 0 Å². The molecule has 1 fully saturated rings. The second-order valence-corrected chi connectivity index (χ2v) is 4.80. The number of rotatable bonds is 5. The molecular formula is C14H31N3O. The fourth-order valence-corrected chi connectivity index (χ4v) is 1.95. The maximum atomic E-state index is 12.0. The maximum absolute atomic E-state index is 12.0. The maximum Gasteiger partial charge on any atom is 0.222 e. The quantitative estimate of drug-likeness (QED) is 0.809. The molecule has 1 unspecified atom stereocenters. The normalized spacial score (nSPS) is 17.9. The number of hydrogen-bond acceptors (Lipinski definition) is 3. The zero-order chi connectivity index (χ0) is 14.0. The van der Waals surface area contributed by atoms with E-state index in [1.54, 1.807) is 0 Å². The average Bonchev–Trinajstić information content (AvgIpc) is 2.39. The van der Waals surface area contributed by atoms with Crippen LogP contribution >= 0.6 is 0 Å². The van der Waals surface area contributed by atoms with Crippen LogP contribution in [0, 0.1) is 5.92 Å². The van der Waals surface area contributed by atoms with Gasteiger partial charge in [0.25, 0.3) is 0 Å². The van der Waals surface area contributed by atoms with Gasteiger partial charge in [0.15, 0.2) is 0 Å². The van der Waals surface area contributed by atoms with Crippen LogP contribution in [0.5, 0.6) is 0 Å². The molecule has 0 aromatic rings. The van der Waals surface area contributed by atoms with Crippen molar-refractivity contribution < 1.29 is 4.79 Å². The summed E-state index contributed by atoms with van der Waals surface area (Å²) >= 11 is 0. The third-order valence-electron chi connectivity index (χ3n) is 3.12. The van der Waals surface area contributed by atoms with Crippen molar-refractivity contribution >= 4 is 5.91 Å². The van der Waals surface area contributed by atoms with E-state index in [1.807, 2.05) is 18.7 Å². The average molecular weight is 257 g/mol. The van der Waals surface area contributed by atoms with Crippen molar-refractivity contribution in [1.29, 1.82) is 0 Å². The number of hydrogen-bond donors (Lipinski definition) is 1. The van der Waals surface area contributed by atoms with E-state index in [9.17, 15) is 4.79 Å². The molecule has 0 aromatic heterocycles. The summed E-state index contributed by atoms with van der Waals surface area (Å²) in [6, 6.07) is 0. The predicted octanol–water partition coefficient (Wildman–Crippen LogP) is 1.42. The highest BCUT2D eigenvalue weighted by Gasteiger charge is 2.20. The highest BCUT2D eigenvalue weighted by Crippen LogP contribution is 2.07. The summed E-state index contributed by atoms with van der Waals surface area (Å²) in [5.41, 5.74) is 0. The third-order valence-corrected chi connectivity index (χ3v) is 3.12.